The number of aromatic hydroxyl groups is 1. The second kappa shape index (κ2) is 7.55. The van der Waals surface area contributed by atoms with Crippen molar-refractivity contribution in [2.45, 2.75) is 12.6 Å². The average Bonchev–Trinajstić information content (AvgIpc) is 3.03. The summed E-state index contributed by atoms with van der Waals surface area (Å²) >= 11 is 9.74. The van der Waals surface area contributed by atoms with E-state index >= 15 is 0 Å². The topological polar surface area (TPSA) is 70.8 Å². The molecule has 0 saturated heterocycles. The molecule has 0 spiro atoms. The highest BCUT2D eigenvalue weighted by Gasteiger charge is 2.42. The quantitative estimate of drug-likeness (QED) is 0.397. The molecule has 1 atom stereocenters. The van der Waals surface area contributed by atoms with Crippen LogP contribution in [0.1, 0.15) is 33.3 Å². The van der Waals surface area contributed by atoms with Crippen molar-refractivity contribution in [1.29, 1.82) is 0 Å². The minimum absolute atomic E-state index is 0.0324. The molecule has 1 unspecified atom stereocenters. The summed E-state index contributed by atoms with van der Waals surface area (Å²) in [5.41, 5.74) is 1.83. The van der Waals surface area contributed by atoms with E-state index in [-0.39, 0.29) is 35.0 Å². The molecule has 1 aliphatic heterocycles. The lowest BCUT2D eigenvalue weighted by atomic mass is 9.98. The van der Waals surface area contributed by atoms with E-state index in [1.54, 1.807) is 41.3 Å². The van der Waals surface area contributed by atoms with E-state index in [1.807, 2.05) is 18.2 Å². The van der Waals surface area contributed by atoms with Crippen LogP contribution in [0.4, 0.5) is 0 Å². The maximum absolute atomic E-state index is 13.5. The fraction of sp³-hybridized carbons (Fsp3) is 0.0833. The molecule has 0 aliphatic carbocycles. The van der Waals surface area contributed by atoms with E-state index in [4.69, 9.17) is 16.0 Å². The summed E-state index contributed by atoms with van der Waals surface area (Å²) in [7, 11) is 0. The number of benzene rings is 3. The zero-order chi connectivity index (χ0) is 21.7. The van der Waals surface area contributed by atoms with Gasteiger partial charge in [-0.1, -0.05) is 57.9 Å². The van der Waals surface area contributed by atoms with Crippen molar-refractivity contribution in [3.8, 4) is 5.75 Å². The molecule has 0 fully saturated rings. The summed E-state index contributed by atoms with van der Waals surface area (Å²) in [6, 6.07) is 18.2. The maximum Gasteiger partial charge on any atom is 0.291 e. The number of halogens is 2. The summed E-state index contributed by atoms with van der Waals surface area (Å²) in [5, 5.41) is 10.7. The third-order valence-corrected chi connectivity index (χ3v) is 6.30. The largest absolute Gasteiger partial charge is 0.508 e. The Morgan fingerprint density at radius 1 is 1.03 bits per heavy atom. The number of nitrogens with zero attached hydrogens (tertiary/aromatic N) is 1. The third kappa shape index (κ3) is 3.32. The lowest BCUT2D eigenvalue weighted by molar-refractivity contribution is 0.0714. The first kappa shape index (κ1) is 19.8. The summed E-state index contributed by atoms with van der Waals surface area (Å²) < 4.78 is 6.67. The van der Waals surface area contributed by atoms with E-state index < -0.39 is 6.04 Å². The molecule has 3 aromatic carbocycles. The highest BCUT2D eigenvalue weighted by atomic mass is 79.9. The van der Waals surface area contributed by atoms with E-state index in [0.29, 0.717) is 21.6 Å². The Bertz CT molecular complexity index is 1400. The monoisotopic (exact) mass is 495 g/mol. The van der Waals surface area contributed by atoms with Crippen LogP contribution in [-0.4, -0.2) is 15.9 Å². The van der Waals surface area contributed by atoms with Crippen molar-refractivity contribution >= 4 is 44.4 Å². The fourth-order valence-corrected chi connectivity index (χ4v) is 4.53. The molecule has 0 radical (unpaired) electrons. The number of rotatable bonds is 3. The highest BCUT2D eigenvalue weighted by molar-refractivity contribution is 9.10. The maximum atomic E-state index is 13.5. The number of carbonyl (C=O) groups excluding carboxylic acids is 1. The van der Waals surface area contributed by atoms with Crippen LogP contribution in [0.3, 0.4) is 0 Å². The molecule has 2 heterocycles. The van der Waals surface area contributed by atoms with Gasteiger partial charge in [0.25, 0.3) is 5.91 Å². The van der Waals surface area contributed by atoms with E-state index in [2.05, 4.69) is 15.9 Å². The Morgan fingerprint density at radius 2 is 1.77 bits per heavy atom. The van der Waals surface area contributed by atoms with Crippen LogP contribution >= 0.6 is 27.5 Å². The molecule has 0 bridgehead atoms. The summed E-state index contributed by atoms with van der Waals surface area (Å²) in [4.78, 5) is 28.5. The van der Waals surface area contributed by atoms with Gasteiger partial charge in [-0.05, 0) is 47.5 Å². The standard InChI is InChI=1S/C24H15BrClNO4/c25-15-7-10-19-17(11-15)22(29)20-21(13-5-8-16(28)9-6-13)27(24(30)23(20)31-19)12-14-3-1-2-4-18(14)26/h1-11,21,28H,12H2. The molecule has 1 N–H and O–H groups in total. The number of fused-ring (bicyclic) bond motifs is 2. The smallest absolute Gasteiger partial charge is 0.291 e. The Kier molecular flexibility index (Phi) is 4.84. The first-order valence-corrected chi connectivity index (χ1v) is 10.7. The van der Waals surface area contributed by atoms with Crippen LogP contribution in [0.2, 0.25) is 5.02 Å². The van der Waals surface area contributed by atoms with Crippen LogP contribution in [0.15, 0.2) is 80.4 Å². The number of amides is 1. The van der Waals surface area contributed by atoms with E-state index in [1.165, 1.54) is 12.1 Å². The zero-order valence-electron chi connectivity index (χ0n) is 16.0. The van der Waals surface area contributed by atoms with Crippen molar-refractivity contribution < 1.29 is 14.3 Å². The van der Waals surface area contributed by atoms with Crippen LogP contribution in [0.5, 0.6) is 5.75 Å². The van der Waals surface area contributed by atoms with Crippen LogP contribution < -0.4 is 5.43 Å². The van der Waals surface area contributed by atoms with E-state index in [0.717, 1.165) is 10.0 Å². The second-order valence-corrected chi connectivity index (χ2v) is 8.66. The van der Waals surface area contributed by atoms with Gasteiger partial charge < -0.3 is 14.4 Å². The SMILES string of the molecule is O=C1c2oc3ccc(Br)cc3c(=O)c2C(c2ccc(O)cc2)N1Cc1ccccc1Cl. The normalized spacial score (nSPS) is 15.5. The van der Waals surface area contributed by atoms with Gasteiger partial charge >= 0.3 is 0 Å². The van der Waals surface area contributed by atoms with E-state index in [9.17, 15) is 14.7 Å². The number of carbonyl (C=O) groups is 1. The molecule has 5 rings (SSSR count). The number of phenols is 1. The lowest BCUT2D eigenvalue weighted by Gasteiger charge is -2.25. The molecule has 5 nitrogen and oxygen atoms in total. The van der Waals surface area contributed by atoms with Gasteiger partial charge in [0.1, 0.15) is 11.3 Å². The molecule has 31 heavy (non-hydrogen) atoms. The number of phenolic OH excluding ortho intramolecular Hbond substituents is 1. The minimum Gasteiger partial charge on any atom is -0.508 e. The van der Waals surface area contributed by atoms with Gasteiger partial charge in [0.15, 0.2) is 5.43 Å². The number of hydrogen-bond donors (Lipinski definition) is 1. The molecule has 7 heteroatoms. The molecule has 154 valence electrons. The molecule has 4 aromatic rings. The lowest BCUT2D eigenvalue weighted by Crippen LogP contribution is -2.29. The Labute approximate surface area is 190 Å². The van der Waals surface area contributed by atoms with Gasteiger partial charge in [0.2, 0.25) is 5.76 Å². The van der Waals surface area contributed by atoms with Gasteiger partial charge in [-0.2, -0.15) is 0 Å². The number of hydrogen-bond acceptors (Lipinski definition) is 4. The zero-order valence-corrected chi connectivity index (χ0v) is 18.4. The highest BCUT2D eigenvalue weighted by Crippen LogP contribution is 2.40. The average molecular weight is 497 g/mol. The minimum atomic E-state index is -0.668. The Morgan fingerprint density at radius 3 is 2.52 bits per heavy atom. The van der Waals surface area contributed by atoms with Crippen molar-refractivity contribution in [1.82, 2.24) is 4.90 Å². The molecule has 1 amide bonds. The molecule has 1 aliphatic rings. The van der Waals surface area contributed by atoms with Gasteiger partial charge in [0, 0.05) is 16.0 Å². The van der Waals surface area contributed by atoms with Gasteiger partial charge in [-0.3, -0.25) is 9.59 Å². The molecule has 1 aromatic heterocycles. The predicted molar refractivity (Wildman–Crippen MR) is 121 cm³/mol. The Balaban J connectivity index is 1.74. The first-order valence-electron chi connectivity index (χ1n) is 9.53. The molecule has 0 saturated carbocycles. The van der Waals surface area contributed by atoms with Gasteiger partial charge in [-0.25, -0.2) is 0 Å². The van der Waals surface area contributed by atoms with Gasteiger partial charge in [-0.15, -0.1) is 0 Å². The van der Waals surface area contributed by atoms with Crippen molar-refractivity contribution in [2.75, 3.05) is 0 Å². The first-order chi connectivity index (χ1) is 14.9. The van der Waals surface area contributed by atoms with Crippen LogP contribution in [0.25, 0.3) is 11.0 Å². The summed E-state index contributed by atoms with van der Waals surface area (Å²) in [6.45, 7) is 0.202. The van der Waals surface area contributed by atoms with Crippen molar-refractivity contribution in [3.63, 3.8) is 0 Å². The predicted octanol–water partition coefficient (Wildman–Crippen LogP) is 5.66. The molecular weight excluding hydrogens is 482 g/mol. The third-order valence-electron chi connectivity index (χ3n) is 5.44. The van der Waals surface area contributed by atoms with Crippen LogP contribution in [0, 0.1) is 0 Å². The Hall–Kier alpha value is -3.09. The van der Waals surface area contributed by atoms with Crippen molar-refractivity contribution in [3.05, 3.63) is 109 Å². The summed E-state index contributed by atoms with van der Waals surface area (Å²) in [5.74, 6) is -0.250. The van der Waals surface area contributed by atoms with Crippen LogP contribution in [-0.2, 0) is 6.54 Å². The fourth-order valence-electron chi connectivity index (χ4n) is 3.97. The summed E-state index contributed by atoms with van der Waals surface area (Å²) in [6.07, 6.45) is 0. The van der Waals surface area contributed by atoms with Gasteiger partial charge in [0.05, 0.1) is 17.0 Å². The second-order valence-electron chi connectivity index (χ2n) is 7.33. The molecular formula is C24H15BrClNO4. The van der Waals surface area contributed by atoms with Crippen molar-refractivity contribution in [2.24, 2.45) is 0 Å².